The quantitative estimate of drug-likeness (QED) is 0.475. The van der Waals surface area contributed by atoms with Gasteiger partial charge in [-0.1, -0.05) is 0 Å². The van der Waals surface area contributed by atoms with Gasteiger partial charge in [-0.15, -0.1) is 0 Å². The fourth-order valence-electron chi connectivity index (χ4n) is 1.27. The molecule has 0 amide bonds. The number of hydrogen-bond acceptors (Lipinski definition) is 7. The molecule has 0 aromatic carbocycles. The first kappa shape index (κ1) is 13.4. The Labute approximate surface area is 97.6 Å². The first-order chi connectivity index (χ1) is 8.00. The minimum Gasteiger partial charge on any atom is -0.464 e. The fourth-order valence-corrected chi connectivity index (χ4v) is 1.27. The summed E-state index contributed by atoms with van der Waals surface area (Å²) in [6.45, 7) is 2.00. The van der Waals surface area contributed by atoms with Gasteiger partial charge in [-0.25, -0.2) is 9.59 Å². The van der Waals surface area contributed by atoms with Gasteiger partial charge in [0, 0.05) is 19.8 Å². The lowest BCUT2D eigenvalue weighted by Gasteiger charge is -2.03. The van der Waals surface area contributed by atoms with Crippen molar-refractivity contribution in [3.05, 3.63) is 0 Å². The number of aliphatic hydroxyl groups excluding tert-OH is 1. The molecule has 0 aromatic heterocycles. The third kappa shape index (κ3) is 4.39. The Morgan fingerprint density at radius 3 is 2.12 bits per heavy atom. The third-order valence-corrected chi connectivity index (χ3v) is 2.10. The number of carbonyl (C=O) groups excluding carboxylic acids is 3. The lowest BCUT2D eigenvalue weighted by molar-refractivity contribution is -0.158. The maximum absolute atomic E-state index is 10.6. The minimum absolute atomic E-state index is 0.358. The second-order valence-electron chi connectivity index (χ2n) is 3.53. The van der Waals surface area contributed by atoms with Crippen molar-refractivity contribution in [2.75, 3.05) is 13.2 Å². The smallest absolute Gasteiger partial charge is 0.347 e. The van der Waals surface area contributed by atoms with Crippen molar-refractivity contribution in [2.45, 2.75) is 32.0 Å². The molecule has 2 aliphatic rings. The van der Waals surface area contributed by atoms with Gasteiger partial charge in [0.2, 0.25) is 6.10 Å². The highest BCUT2D eigenvalue weighted by Gasteiger charge is 2.28. The third-order valence-electron chi connectivity index (χ3n) is 2.10. The highest BCUT2D eigenvalue weighted by Crippen LogP contribution is 2.09. The summed E-state index contributed by atoms with van der Waals surface area (Å²) in [5, 5.41) is 8.52. The SMILES string of the molecule is CC(=O)OC1CCOC1=O.O=C1OCCC1O. The molecule has 0 bridgehead atoms. The summed E-state index contributed by atoms with van der Waals surface area (Å²) in [6, 6.07) is 0. The molecule has 0 aliphatic carbocycles. The van der Waals surface area contributed by atoms with Crippen LogP contribution in [0.3, 0.4) is 0 Å². The van der Waals surface area contributed by atoms with Crippen molar-refractivity contribution in [3.63, 3.8) is 0 Å². The second-order valence-corrected chi connectivity index (χ2v) is 3.53. The first-order valence-corrected chi connectivity index (χ1v) is 5.19. The molecule has 0 spiro atoms. The zero-order valence-electron chi connectivity index (χ0n) is 9.38. The van der Waals surface area contributed by atoms with E-state index in [1.807, 2.05) is 0 Å². The van der Waals surface area contributed by atoms with E-state index in [0.717, 1.165) is 0 Å². The van der Waals surface area contributed by atoms with Gasteiger partial charge in [0.15, 0.2) is 6.10 Å². The largest absolute Gasteiger partial charge is 0.464 e. The van der Waals surface area contributed by atoms with Gasteiger partial charge in [-0.05, 0) is 0 Å². The van der Waals surface area contributed by atoms with Crippen LogP contribution in [0.25, 0.3) is 0 Å². The van der Waals surface area contributed by atoms with E-state index in [1.54, 1.807) is 0 Å². The highest BCUT2D eigenvalue weighted by molar-refractivity contribution is 5.79. The molecule has 17 heavy (non-hydrogen) atoms. The molecule has 2 aliphatic heterocycles. The van der Waals surface area contributed by atoms with Crippen molar-refractivity contribution in [2.24, 2.45) is 0 Å². The topological polar surface area (TPSA) is 99.1 Å². The summed E-state index contributed by atoms with van der Waals surface area (Å²) in [5.74, 6) is -1.36. The maximum atomic E-state index is 10.6. The average Bonchev–Trinajstić information content (AvgIpc) is 2.79. The van der Waals surface area contributed by atoms with Gasteiger partial charge in [-0.3, -0.25) is 4.79 Å². The molecule has 7 heteroatoms. The monoisotopic (exact) mass is 246 g/mol. The van der Waals surface area contributed by atoms with Crippen LogP contribution in [0.1, 0.15) is 19.8 Å². The Kier molecular flexibility index (Phi) is 4.89. The summed E-state index contributed by atoms with van der Waals surface area (Å²) < 4.78 is 13.5. The van der Waals surface area contributed by atoms with Crippen LogP contribution in [0.4, 0.5) is 0 Å². The van der Waals surface area contributed by atoms with E-state index in [9.17, 15) is 14.4 Å². The number of esters is 3. The van der Waals surface area contributed by atoms with Crippen molar-refractivity contribution in [3.8, 4) is 0 Å². The van der Waals surface area contributed by atoms with Crippen LogP contribution in [0, 0.1) is 0 Å². The van der Waals surface area contributed by atoms with Crippen LogP contribution < -0.4 is 0 Å². The van der Waals surface area contributed by atoms with Crippen molar-refractivity contribution >= 4 is 17.9 Å². The van der Waals surface area contributed by atoms with Crippen LogP contribution in [0.2, 0.25) is 0 Å². The summed E-state index contributed by atoms with van der Waals surface area (Å²) in [5.41, 5.74) is 0. The maximum Gasteiger partial charge on any atom is 0.347 e. The number of carbonyl (C=O) groups is 3. The summed E-state index contributed by atoms with van der Waals surface area (Å²) in [4.78, 5) is 31.0. The van der Waals surface area contributed by atoms with Crippen molar-refractivity contribution < 1.29 is 33.7 Å². The molecular formula is C10H14O7. The molecule has 2 heterocycles. The number of ether oxygens (including phenoxy) is 3. The molecule has 0 aromatic rings. The molecule has 2 rings (SSSR count). The highest BCUT2D eigenvalue weighted by atomic mass is 16.6. The zero-order chi connectivity index (χ0) is 12.8. The normalized spacial score (nSPS) is 26.7. The molecule has 2 unspecified atom stereocenters. The van der Waals surface area contributed by atoms with Gasteiger partial charge < -0.3 is 19.3 Å². The Morgan fingerprint density at radius 2 is 1.82 bits per heavy atom. The van der Waals surface area contributed by atoms with Crippen molar-refractivity contribution in [1.29, 1.82) is 0 Å². The van der Waals surface area contributed by atoms with Gasteiger partial charge in [0.25, 0.3) is 0 Å². The zero-order valence-corrected chi connectivity index (χ0v) is 9.38. The molecule has 2 saturated heterocycles. The molecular weight excluding hydrogens is 232 g/mol. The molecule has 7 nitrogen and oxygen atoms in total. The predicted molar refractivity (Wildman–Crippen MR) is 52.7 cm³/mol. The summed E-state index contributed by atoms with van der Waals surface area (Å²) in [6.07, 6.45) is -0.561. The molecule has 2 fully saturated rings. The van der Waals surface area contributed by atoms with Crippen LogP contribution in [-0.2, 0) is 28.6 Å². The molecule has 1 N–H and O–H groups in total. The lowest BCUT2D eigenvalue weighted by Crippen LogP contribution is -2.20. The van der Waals surface area contributed by atoms with E-state index < -0.39 is 30.1 Å². The standard InChI is InChI=1S/C6H8O4.C4H6O3/c1-4(7)10-5-2-3-9-6(5)8;5-3-1-2-7-4(3)6/h5H,2-3H2,1H3;3,5H,1-2H2. The Bertz CT molecular complexity index is 312. The number of rotatable bonds is 1. The van der Waals surface area contributed by atoms with E-state index >= 15 is 0 Å². The van der Waals surface area contributed by atoms with Gasteiger partial charge in [0.05, 0.1) is 13.2 Å². The van der Waals surface area contributed by atoms with Gasteiger partial charge in [0.1, 0.15) is 0 Å². The Morgan fingerprint density at radius 1 is 1.24 bits per heavy atom. The van der Waals surface area contributed by atoms with E-state index in [4.69, 9.17) is 5.11 Å². The van der Waals surface area contributed by atoms with Crippen LogP contribution in [0.15, 0.2) is 0 Å². The number of hydrogen-bond donors (Lipinski definition) is 1. The van der Waals surface area contributed by atoms with Crippen LogP contribution in [0.5, 0.6) is 0 Å². The summed E-state index contributed by atoms with van der Waals surface area (Å²) in [7, 11) is 0. The summed E-state index contributed by atoms with van der Waals surface area (Å²) >= 11 is 0. The minimum atomic E-state index is -0.847. The van der Waals surface area contributed by atoms with E-state index in [2.05, 4.69) is 14.2 Å². The molecule has 0 saturated carbocycles. The fraction of sp³-hybridized carbons (Fsp3) is 0.700. The van der Waals surface area contributed by atoms with E-state index in [-0.39, 0.29) is 0 Å². The average molecular weight is 246 g/mol. The van der Waals surface area contributed by atoms with E-state index in [0.29, 0.717) is 26.1 Å². The van der Waals surface area contributed by atoms with Gasteiger partial charge >= 0.3 is 17.9 Å². The Hall–Kier alpha value is -1.63. The predicted octanol–water partition coefficient (Wildman–Crippen LogP) is -0.841. The first-order valence-electron chi connectivity index (χ1n) is 5.19. The number of cyclic esters (lactones) is 2. The molecule has 0 radical (unpaired) electrons. The van der Waals surface area contributed by atoms with Crippen molar-refractivity contribution in [1.82, 2.24) is 0 Å². The van der Waals surface area contributed by atoms with Gasteiger partial charge in [-0.2, -0.15) is 0 Å². The number of aliphatic hydroxyl groups is 1. The second kappa shape index (κ2) is 6.19. The van der Waals surface area contributed by atoms with Crippen LogP contribution in [-0.4, -0.2) is 48.4 Å². The lowest BCUT2D eigenvalue weighted by atomic mass is 10.3. The molecule has 96 valence electrons. The van der Waals surface area contributed by atoms with Crippen LogP contribution >= 0.6 is 0 Å². The van der Waals surface area contributed by atoms with E-state index in [1.165, 1.54) is 6.92 Å². The molecule has 2 atom stereocenters. The Balaban J connectivity index is 0.000000181.